The molecule has 0 saturated carbocycles. The Balaban J connectivity index is 2.04. The van der Waals surface area contributed by atoms with Gasteiger partial charge in [0.2, 0.25) is 10.0 Å². The average molecular weight is 424 g/mol. The van der Waals surface area contributed by atoms with Gasteiger partial charge in [-0.2, -0.15) is 0 Å². The molecular weight excluding hydrogens is 386 g/mol. The first kappa shape index (κ1) is 23.6. The van der Waals surface area contributed by atoms with Crippen molar-refractivity contribution < 1.29 is 8.42 Å². The third-order valence-corrected chi connectivity index (χ3v) is 6.48. The van der Waals surface area contributed by atoms with E-state index in [1.54, 1.807) is 12.1 Å². The number of guanidine groups is 1. The van der Waals surface area contributed by atoms with Crippen molar-refractivity contribution in [1.82, 2.24) is 20.3 Å². The first-order valence-corrected chi connectivity index (χ1v) is 12.1. The number of piperidine rings is 1. The van der Waals surface area contributed by atoms with Crippen LogP contribution in [0.5, 0.6) is 0 Å². The van der Waals surface area contributed by atoms with Crippen molar-refractivity contribution in [3.63, 3.8) is 0 Å². The molecule has 0 amide bonds. The van der Waals surface area contributed by atoms with Gasteiger partial charge in [-0.25, -0.2) is 18.1 Å². The number of nitrogens with zero attached hydrogens (tertiary/aromatic N) is 2. The summed E-state index contributed by atoms with van der Waals surface area (Å²) >= 11 is 0. The second-order valence-corrected chi connectivity index (χ2v) is 10.1. The van der Waals surface area contributed by atoms with Gasteiger partial charge in [0.1, 0.15) is 0 Å². The number of rotatable bonds is 8. The van der Waals surface area contributed by atoms with Gasteiger partial charge >= 0.3 is 0 Å². The van der Waals surface area contributed by atoms with Crippen LogP contribution in [0.25, 0.3) is 0 Å². The fraction of sp³-hybridized carbons (Fsp3) is 0.667. The lowest BCUT2D eigenvalue weighted by Gasteiger charge is -2.26. The number of sulfonamides is 1. The Morgan fingerprint density at radius 3 is 2.45 bits per heavy atom. The van der Waals surface area contributed by atoms with Gasteiger partial charge in [0, 0.05) is 25.2 Å². The van der Waals surface area contributed by atoms with Crippen molar-refractivity contribution in [1.29, 1.82) is 0 Å². The van der Waals surface area contributed by atoms with E-state index >= 15 is 0 Å². The van der Waals surface area contributed by atoms with Crippen molar-refractivity contribution in [2.45, 2.75) is 63.9 Å². The lowest BCUT2D eigenvalue weighted by atomic mass is 10.1. The number of hydrogen-bond donors (Lipinski definition) is 3. The maximum absolute atomic E-state index is 12.8. The number of likely N-dealkylation sites (tertiary alicyclic amines) is 1. The molecule has 1 aromatic carbocycles. The minimum atomic E-state index is -3.61. The van der Waals surface area contributed by atoms with E-state index in [9.17, 15) is 8.42 Å². The molecule has 164 valence electrons. The summed E-state index contributed by atoms with van der Waals surface area (Å²) in [4.78, 5) is 7.37. The molecule has 1 heterocycles. The van der Waals surface area contributed by atoms with E-state index in [0.717, 1.165) is 19.6 Å². The Kier molecular flexibility index (Phi) is 8.92. The van der Waals surface area contributed by atoms with Gasteiger partial charge in [0.15, 0.2) is 5.96 Å². The molecule has 8 heteroatoms. The predicted octanol–water partition coefficient (Wildman–Crippen LogP) is 2.30. The first-order chi connectivity index (χ1) is 13.7. The molecule has 1 saturated heterocycles. The van der Waals surface area contributed by atoms with Crippen LogP contribution in [0.15, 0.2) is 34.2 Å². The Morgan fingerprint density at radius 1 is 1.10 bits per heavy atom. The van der Waals surface area contributed by atoms with Crippen molar-refractivity contribution in [3.05, 3.63) is 29.8 Å². The van der Waals surface area contributed by atoms with Gasteiger partial charge in [0.25, 0.3) is 0 Å². The third-order valence-electron chi connectivity index (χ3n) is 4.62. The van der Waals surface area contributed by atoms with Gasteiger partial charge < -0.3 is 15.5 Å². The normalized spacial score (nSPS) is 16.6. The van der Waals surface area contributed by atoms with Crippen molar-refractivity contribution in [2.24, 2.45) is 4.99 Å². The molecule has 0 aromatic heterocycles. The lowest BCUT2D eigenvalue weighted by molar-refractivity contribution is 0.232. The molecule has 7 nitrogen and oxygen atoms in total. The average Bonchev–Trinajstić information content (AvgIpc) is 2.65. The quantitative estimate of drug-likeness (QED) is 0.441. The monoisotopic (exact) mass is 423 g/mol. The van der Waals surface area contributed by atoms with Crippen LogP contribution in [0.1, 0.15) is 52.5 Å². The van der Waals surface area contributed by atoms with Crippen LogP contribution in [-0.4, -0.2) is 57.5 Å². The summed E-state index contributed by atoms with van der Waals surface area (Å²) < 4.78 is 28.3. The van der Waals surface area contributed by atoms with Gasteiger partial charge in [0.05, 0.1) is 11.4 Å². The summed E-state index contributed by atoms with van der Waals surface area (Å²) in [5, 5.41) is 6.61. The zero-order valence-corrected chi connectivity index (χ0v) is 19.1. The number of benzene rings is 1. The van der Waals surface area contributed by atoms with Gasteiger partial charge in [-0.3, -0.25) is 0 Å². The lowest BCUT2D eigenvalue weighted by Crippen LogP contribution is -2.42. The van der Waals surface area contributed by atoms with E-state index in [2.05, 4.69) is 25.2 Å². The molecule has 0 atom stereocenters. The SMILES string of the molecule is CCNC(=NCc1ccccc1S(=O)(=O)NC(C)(C)C)NCCN1CCCCC1. The van der Waals surface area contributed by atoms with Gasteiger partial charge in [-0.1, -0.05) is 24.6 Å². The highest BCUT2D eigenvalue weighted by atomic mass is 32.2. The molecule has 0 unspecified atom stereocenters. The van der Waals surface area contributed by atoms with E-state index < -0.39 is 15.6 Å². The molecule has 1 aliphatic heterocycles. The standard InChI is InChI=1S/C21H37N5O2S/c1-5-22-20(23-13-16-26-14-9-6-10-15-26)24-17-18-11-7-8-12-19(18)29(27,28)25-21(2,3)4/h7-8,11-12,25H,5-6,9-10,13-17H2,1-4H3,(H2,22,23,24). The Labute approximate surface area is 176 Å². The molecule has 1 aliphatic rings. The molecule has 3 N–H and O–H groups in total. The van der Waals surface area contributed by atoms with Crippen molar-refractivity contribution >= 4 is 16.0 Å². The zero-order valence-electron chi connectivity index (χ0n) is 18.3. The van der Waals surface area contributed by atoms with Crippen molar-refractivity contribution in [3.8, 4) is 0 Å². The summed E-state index contributed by atoms with van der Waals surface area (Å²) in [6.07, 6.45) is 3.89. The van der Waals surface area contributed by atoms with Crippen LogP contribution < -0.4 is 15.4 Å². The number of aliphatic imine (C=N–C) groups is 1. The highest BCUT2D eigenvalue weighted by Crippen LogP contribution is 2.18. The summed E-state index contributed by atoms with van der Waals surface area (Å²) in [5.41, 5.74) is 0.137. The Bertz CT molecular complexity index is 766. The van der Waals surface area contributed by atoms with Gasteiger partial charge in [-0.15, -0.1) is 0 Å². The second-order valence-electron chi connectivity index (χ2n) is 8.49. The molecule has 0 aliphatic carbocycles. The molecule has 0 radical (unpaired) electrons. The number of nitrogens with one attached hydrogen (secondary N) is 3. The number of hydrogen-bond acceptors (Lipinski definition) is 4. The maximum atomic E-state index is 12.8. The molecule has 0 spiro atoms. The van der Waals surface area contributed by atoms with Crippen LogP contribution in [0.4, 0.5) is 0 Å². The smallest absolute Gasteiger partial charge is 0.241 e. The molecule has 0 bridgehead atoms. The molecule has 1 aromatic rings. The molecule has 29 heavy (non-hydrogen) atoms. The van der Waals surface area contributed by atoms with E-state index in [-0.39, 0.29) is 4.90 Å². The zero-order chi connectivity index (χ0) is 21.3. The third kappa shape index (κ3) is 8.32. The minimum Gasteiger partial charge on any atom is -0.357 e. The van der Waals surface area contributed by atoms with E-state index in [1.165, 1.54) is 32.4 Å². The topological polar surface area (TPSA) is 85.8 Å². The van der Waals surface area contributed by atoms with Crippen LogP contribution in [-0.2, 0) is 16.6 Å². The molecular formula is C21H37N5O2S. The largest absolute Gasteiger partial charge is 0.357 e. The van der Waals surface area contributed by atoms with Gasteiger partial charge in [-0.05, 0) is 65.3 Å². The summed E-state index contributed by atoms with van der Waals surface area (Å²) in [6, 6.07) is 7.04. The summed E-state index contributed by atoms with van der Waals surface area (Å²) in [5.74, 6) is 0.709. The van der Waals surface area contributed by atoms with Crippen LogP contribution >= 0.6 is 0 Å². The Hall–Kier alpha value is -1.64. The highest BCUT2D eigenvalue weighted by molar-refractivity contribution is 7.89. The van der Waals surface area contributed by atoms with Crippen LogP contribution in [0.2, 0.25) is 0 Å². The summed E-state index contributed by atoms with van der Waals surface area (Å²) in [6.45, 7) is 12.7. The van der Waals surface area contributed by atoms with E-state index in [1.807, 2.05) is 39.8 Å². The van der Waals surface area contributed by atoms with Crippen molar-refractivity contribution in [2.75, 3.05) is 32.7 Å². The highest BCUT2D eigenvalue weighted by Gasteiger charge is 2.24. The Morgan fingerprint density at radius 2 is 1.79 bits per heavy atom. The fourth-order valence-corrected chi connectivity index (χ4v) is 5.03. The summed E-state index contributed by atoms with van der Waals surface area (Å²) in [7, 11) is -3.61. The van der Waals surface area contributed by atoms with Crippen LogP contribution in [0, 0.1) is 0 Å². The maximum Gasteiger partial charge on any atom is 0.241 e. The second kappa shape index (κ2) is 10.9. The molecule has 1 fully saturated rings. The first-order valence-electron chi connectivity index (χ1n) is 10.6. The van der Waals surface area contributed by atoms with Crippen LogP contribution in [0.3, 0.4) is 0 Å². The fourth-order valence-electron chi connectivity index (χ4n) is 3.38. The molecule has 2 rings (SSSR count). The predicted molar refractivity (Wildman–Crippen MR) is 120 cm³/mol. The van der Waals surface area contributed by atoms with E-state index in [4.69, 9.17) is 0 Å². The minimum absolute atomic E-state index is 0.280. The van der Waals surface area contributed by atoms with E-state index in [0.29, 0.717) is 18.1 Å².